The average Bonchev–Trinajstić information content (AvgIpc) is 2.17. The zero-order valence-electron chi connectivity index (χ0n) is 9.52. The minimum Gasteiger partial charge on any atom is -0.388 e. The Hall–Kier alpha value is -0.990. The van der Waals surface area contributed by atoms with Gasteiger partial charge in [-0.3, -0.25) is 4.79 Å². The maximum absolute atomic E-state index is 11.0. The molecule has 14 heavy (non-hydrogen) atoms. The van der Waals surface area contributed by atoms with E-state index in [2.05, 4.69) is 19.2 Å². The van der Waals surface area contributed by atoms with Crippen molar-refractivity contribution in [1.29, 1.82) is 0 Å². The van der Waals surface area contributed by atoms with E-state index in [-0.39, 0.29) is 5.91 Å². The first-order valence-corrected chi connectivity index (χ1v) is 5.36. The van der Waals surface area contributed by atoms with Crippen LogP contribution in [0.2, 0.25) is 0 Å². The van der Waals surface area contributed by atoms with Gasteiger partial charge in [0.25, 0.3) is 0 Å². The van der Waals surface area contributed by atoms with E-state index < -0.39 is 0 Å². The number of rotatable bonds is 7. The van der Waals surface area contributed by atoms with Gasteiger partial charge in [0.1, 0.15) is 0 Å². The molecule has 0 rings (SSSR count). The predicted octanol–water partition coefficient (Wildman–Crippen LogP) is 1.94. The maximum Gasteiger partial charge on any atom is 0.246 e. The van der Waals surface area contributed by atoms with Crippen molar-refractivity contribution in [2.75, 3.05) is 6.54 Å². The molecule has 3 heteroatoms. The van der Waals surface area contributed by atoms with Gasteiger partial charge in [0.15, 0.2) is 0 Å². The molecular weight excluding hydrogens is 176 g/mol. The first-order chi connectivity index (χ1) is 6.63. The first kappa shape index (κ1) is 13.0. The van der Waals surface area contributed by atoms with Crippen LogP contribution in [0.25, 0.3) is 0 Å². The van der Waals surface area contributed by atoms with Crippen LogP contribution in [-0.4, -0.2) is 12.5 Å². The van der Waals surface area contributed by atoms with E-state index in [1.165, 1.54) is 0 Å². The molecule has 0 radical (unpaired) electrons. The van der Waals surface area contributed by atoms with Crippen LogP contribution in [0.4, 0.5) is 0 Å². The third kappa shape index (κ3) is 4.90. The van der Waals surface area contributed by atoms with Crippen LogP contribution in [0, 0.1) is 0 Å². The van der Waals surface area contributed by atoms with Gasteiger partial charge in [-0.1, -0.05) is 20.3 Å². The SMILES string of the molecule is CCCC/C(NCCC)=C(\C)C(N)=O. The number of amides is 1. The number of nitrogens with one attached hydrogen (secondary N) is 1. The summed E-state index contributed by atoms with van der Waals surface area (Å²) in [5, 5.41) is 3.26. The van der Waals surface area contributed by atoms with Crippen LogP contribution in [0.5, 0.6) is 0 Å². The van der Waals surface area contributed by atoms with Crippen molar-refractivity contribution < 1.29 is 4.79 Å². The van der Waals surface area contributed by atoms with Crippen LogP contribution in [0.1, 0.15) is 46.5 Å². The Labute approximate surface area is 86.8 Å². The Bertz CT molecular complexity index is 199. The maximum atomic E-state index is 11.0. The summed E-state index contributed by atoms with van der Waals surface area (Å²) in [4.78, 5) is 11.0. The van der Waals surface area contributed by atoms with Gasteiger partial charge in [0.2, 0.25) is 5.91 Å². The molecule has 0 atom stereocenters. The van der Waals surface area contributed by atoms with Gasteiger partial charge in [-0.15, -0.1) is 0 Å². The lowest BCUT2D eigenvalue weighted by atomic mass is 10.1. The molecule has 0 saturated carbocycles. The molecule has 0 aromatic carbocycles. The summed E-state index contributed by atoms with van der Waals surface area (Å²) in [7, 11) is 0. The summed E-state index contributed by atoms with van der Waals surface area (Å²) in [6.45, 7) is 6.93. The Balaban J connectivity index is 4.35. The summed E-state index contributed by atoms with van der Waals surface area (Å²) in [6.07, 6.45) is 4.20. The van der Waals surface area contributed by atoms with Gasteiger partial charge in [-0.2, -0.15) is 0 Å². The van der Waals surface area contributed by atoms with Crippen molar-refractivity contribution in [1.82, 2.24) is 5.32 Å². The van der Waals surface area contributed by atoms with Crippen molar-refractivity contribution in [2.45, 2.75) is 46.5 Å². The first-order valence-electron chi connectivity index (χ1n) is 5.36. The molecule has 3 nitrogen and oxygen atoms in total. The fourth-order valence-electron chi connectivity index (χ4n) is 1.19. The fraction of sp³-hybridized carbons (Fsp3) is 0.727. The molecule has 0 saturated heterocycles. The summed E-state index contributed by atoms with van der Waals surface area (Å²) in [6, 6.07) is 0. The molecule has 0 spiro atoms. The van der Waals surface area contributed by atoms with Crippen LogP contribution < -0.4 is 11.1 Å². The van der Waals surface area contributed by atoms with Crippen LogP contribution >= 0.6 is 0 Å². The average molecular weight is 198 g/mol. The lowest BCUT2D eigenvalue weighted by Crippen LogP contribution is -2.22. The molecule has 1 amide bonds. The second kappa shape index (κ2) is 7.42. The molecule has 0 aromatic rings. The number of carbonyl (C=O) groups excluding carboxylic acids is 1. The second-order valence-corrected chi connectivity index (χ2v) is 3.50. The number of unbranched alkanes of at least 4 members (excludes halogenated alkanes) is 1. The lowest BCUT2D eigenvalue weighted by molar-refractivity contribution is -0.114. The molecule has 0 heterocycles. The smallest absolute Gasteiger partial charge is 0.246 e. The molecule has 0 aliphatic heterocycles. The Morgan fingerprint density at radius 1 is 1.29 bits per heavy atom. The van der Waals surface area contributed by atoms with Gasteiger partial charge in [-0.25, -0.2) is 0 Å². The molecule has 0 aromatic heterocycles. The highest BCUT2D eigenvalue weighted by Gasteiger charge is 2.06. The molecule has 82 valence electrons. The van der Waals surface area contributed by atoms with Gasteiger partial charge >= 0.3 is 0 Å². The van der Waals surface area contributed by atoms with Gasteiger partial charge in [-0.05, 0) is 26.2 Å². The summed E-state index contributed by atoms with van der Waals surface area (Å²) >= 11 is 0. The fourth-order valence-corrected chi connectivity index (χ4v) is 1.19. The van der Waals surface area contributed by atoms with E-state index in [0.29, 0.717) is 5.57 Å². The van der Waals surface area contributed by atoms with Crippen LogP contribution in [0.15, 0.2) is 11.3 Å². The number of allylic oxidation sites excluding steroid dienone is 1. The third-order valence-electron chi connectivity index (χ3n) is 2.19. The molecule has 0 fully saturated rings. The summed E-state index contributed by atoms with van der Waals surface area (Å²) < 4.78 is 0. The van der Waals surface area contributed by atoms with Crippen molar-refractivity contribution >= 4 is 5.91 Å². The Morgan fingerprint density at radius 2 is 1.93 bits per heavy atom. The highest BCUT2D eigenvalue weighted by molar-refractivity contribution is 5.91. The highest BCUT2D eigenvalue weighted by Crippen LogP contribution is 2.09. The van der Waals surface area contributed by atoms with Crippen molar-refractivity contribution in [3.63, 3.8) is 0 Å². The number of primary amides is 1. The second-order valence-electron chi connectivity index (χ2n) is 3.50. The molecule has 0 aliphatic rings. The van der Waals surface area contributed by atoms with Crippen molar-refractivity contribution in [3.05, 3.63) is 11.3 Å². The molecule has 3 N–H and O–H groups in total. The van der Waals surface area contributed by atoms with Crippen molar-refractivity contribution in [3.8, 4) is 0 Å². The number of carbonyl (C=O) groups is 1. The molecule has 0 aliphatic carbocycles. The zero-order chi connectivity index (χ0) is 11.0. The van der Waals surface area contributed by atoms with Gasteiger partial charge < -0.3 is 11.1 Å². The van der Waals surface area contributed by atoms with Crippen molar-refractivity contribution in [2.24, 2.45) is 5.73 Å². The van der Waals surface area contributed by atoms with E-state index in [1.54, 1.807) is 6.92 Å². The summed E-state index contributed by atoms with van der Waals surface area (Å²) in [5.41, 5.74) is 6.93. The standard InChI is InChI=1S/C11H22N2O/c1-4-6-7-10(13-8-5-2)9(3)11(12)14/h13H,4-8H2,1-3H3,(H2,12,14)/b10-9-. The van der Waals surface area contributed by atoms with Gasteiger partial charge in [0, 0.05) is 17.8 Å². The van der Waals surface area contributed by atoms with E-state index in [1.807, 2.05) is 0 Å². The minimum atomic E-state index is -0.320. The minimum absolute atomic E-state index is 0.320. The van der Waals surface area contributed by atoms with E-state index in [9.17, 15) is 4.79 Å². The molecule has 0 bridgehead atoms. The monoisotopic (exact) mass is 198 g/mol. The highest BCUT2D eigenvalue weighted by atomic mass is 16.1. The topological polar surface area (TPSA) is 55.1 Å². The molecule has 0 unspecified atom stereocenters. The molecular formula is C11H22N2O. The normalized spacial score (nSPS) is 12.2. The summed E-state index contributed by atoms with van der Waals surface area (Å²) in [5.74, 6) is -0.320. The van der Waals surface area contributed by atoms with Crippen LogP contribution in [-0.2, 0) is 4.79 Å². The van der Waals surface area contributed by atoms with Crippen LogP contribution in [0.3, 0.4) is 0 Å². The number of hydrogen-bond acceptors (Lipinski definition) is 2. The van der Waals surface area contributed by atoms with E-state index in [4.69, 9.17) is 5.73 Å². The number of hydrogen-bond donors (Lipinski definition) is 2. The third-order valence-corrected chi connectivity index (χ3v) is 2.19. The van der Waals surface area contributed by atoms with Gasteiger partial charge in [0.05, 0.1) is 0 Å². The quantitative estimate of drug-likeness (QED) is 0.614. The zero-order valence-corrected chi connectivity index (χ0v) is 9.52. The van der Waals surface area contributed by atoms with E-state index >= 15 is 0 Å². The number of nitrogens with two attached hydrogens (primary N) is 1. The largest absolute Gasteiger partial charge is 0.388 e. The predicted molar refractivity (Wildman–Crippen MR) is 59.7 cm³/mol. The lowest BCUT2D eigenvalue weighted by Gasteiger charge is -2.12. The van der Waals surface area contributed by atoms with E-state index in [0.717, 1.165) is 37.9 Å². The Morgan fingerprint density at radius 3 is 2.36 bits per heavy atom. The Kier molecular flexibility index (Phi) is 6.89.